The summed E-state index contributed by atoms with van der Waals surface area (Å²) in [6.07, 6.45) is 0.711. The molecule has 7 heteroatoms. The van der Waals surface area contributed by atoms with E-state index in [-0.39, 0.29) is 11.6 Å². The van der Waals surface area contributed by atoms with Crippen LogP contribution in [0.4, 0.5) is 11.4 Å². The Kier molecular flexibility index (Phi) is 7.00. The molecule has 0 radical (unpaired) electrons. The van der Waals surface area contributed by atoms with Gasteiger partial charge in [0, 0.05) is 31.4 Å². The number of hydrogen-bond acceptors (Lipinski definition) is 3. The number of para-hydroxylation sites is 1. The van der Waals surface area contributed by atoms with Gasteiger partial charge in [0.15, 0.2) is 0 Å². The maximum Gasteiger partial charge on any atom is 0.269 e. The van der Waals surface area contributed by atoms with Gasteiger partial charge in [-0.15, -0.1) is 0 Å². The van der Waals surface area contributed by atoms with Crippen molar-refractivity contribution < 1.29 is 9.72 Å². The van der Waals surface area contributed by atoms with Gasteiger partial charge in [0.2, 0.25) is 0 Å². The molecule has 0 saturated carbocycles. The van der Waals surface area contributed by atoms with Crippen LogP contribution >= 0.6 is 45.2 Å². The van der Waals surface area contributed by atoms with E-state index in [9.17, 15) is 14.9 Å². The minimum atomic E-state index is -0.469. The van der Waals surface area contributed by atoms with Crippen LogP contribution in [0.5, 0.6) is 0 Å². The van der Waals surface area contributed by atoms with Gasteiger partial charge < -0.3 is 4.90 Å². The lowest BCUT2D eigenvalue weighted by atomic mass is 10.1. The van der Waals surface area contributed by atoms with Crippen LogP contribution in [0.2, 0.25) is 0 Å². The van der Waals surface area contributed by atoms with Crippen molar-refractivity contribution in [2.24, 2.45) is 0 Å². The topological polar surface area (TPSA) is 63.4 Å². The summed E-state index contributed by atoms with van der Waals surface area (Å²) in [4.78, 5) is 25.4. The third-order valence-corrected chi connectivity index (χ3v) is 6.24. The van der Waals surface area contributed by atoms with E-state index in [4.69, 9.17) is 0 Å². The van der Waals surface area contributed by atoms with Gasteiger partial charge in [0.25, 0.3) is 11.6 Å². The van der Waals surface area contributed by atoms with Crippen LogP contribution in [0, 0.1) is 17.3 Å². The second-order valence-electron chi connectivity index (χ2n) is 6.05. The van der Waals surface area contributed by atoms with E-state index in [1.165, 1.54) is 29.8 Å². The normalized spacial score (nSPS) is 10.5. The van der Waals surface area contributed by atoms with E-state index in [2.05, 4.69) is 51.2 Å². The first-order chi connectivity index (χ1) is 13.5. The molecule has 0 spiro atoms. The van der Waals surface area contributed by atoms with Crippen LogP contribution in [0.1, 0.15) is 15.9 Å². The summed E-state index contributed by atoms with van der Waals surface area (Å²) in [7, 11) is 0. The fourth-order valence-electron chi connectivity index (χ4n) is 2.82. The number of benzene rings is 3. The van der Waals surface area contributed by atoms with Crippen molar-refractivity contribution in [3.05, 3.63) is 101 Å². The van der Waals surface area contributed by atoms with Gasteiger partial charge in [0.05, 0.1) is 10.6 Å². The molecule has 0 aromatic heterocycles. The zero-order valence-corrected chi connectivity index (χ0v) is 19.0. The Hall–Kier alpha value is -2.01. The summed E-state index contributed by atoms with van der Waals surface area (Å²) in [5.74, 6) is -0.176. The molecule has 5 nitrogen and oxygen atoms in total. The predicted octanol–water partition coefficient (Wildman–Crippen LogP) is 5.69. The average Bonchev–Trinajstić information content (AvgIpc) is 2.70. The second-order valence-corrected chi connectivity index (χ2v) is 8.38. The van der Waals surface area contributed by atoms with Crippen LogP contribution in [-0.2, 0) is 6.42 Å². The second kappa shape index (κ2) is 9.46. The van der Waals surface area contributed by atoms with Gasteiger partial charge in [-0.2, -0.15) is 0 Å². The van der Waals surface area contributed by atoms with Crippen molar-refractivity contribution in [3.8, 4) is 0 Å². The zero-order chi connectivity index (χ0) is 20.1. The number of nitro groups is 1. The van der Waals surface area contributed by atoms with Gasteiger partial charge in [0.1, 0.15) is 0 Å². The number of non-ortho nitro benzene ring substituents is 1. The molecular weight excluding hydrogens is 582 g/mol. The number of rotatable bonds is 6. The molecule has 0 bridgehead atoms. The van der Waals surface area contributed by atoms with Crippen molar-refractivity contribution in [2.75, 3.05) is 11.4 Å². The van der Waals surface area contributed by atoms with E-state index in [0.29, 0.717) is 18.5 Å². The molecule has 1 amide bonds. The van der Waals surface area contributed by atoms with Crippen LogP contribution in [-0.4, -0.2) is 17.4 Å². The summed E-state index contributed by atoms with van der Waals surface area (Å²) in [6.45, 7) is 0.510. The Morgan fingerprint density at radius 1 is 0.893 bits per heavy atom. The molecule has 3 rings (SSSR count). The quantitative estimate of drug-likeness (QED) is 0.208. The highest BCUT2D eigenvalue weighted by atomic mass is 127. The van der Waals surface area contributed by atoms with E-state index in [1.807, 2.05) is 42.5 Å². The van der Waals surface area contributed by atoms with Crippen LogP contribution in [0.3, 0.4) is 0 Å². The Morgan fingerprint density at radius 2 is 1.50 bits per heavy atom. The summed E-state index contributed by atoms with van der Waals surface area (Å²) in [5.41, 5.74) is 2.40. The first-order valence-corrected chi connectivity index (χ1v) is 10.7. The SMILES string of the molecule is O=C(c1ccc([N+](=O)[O-])cc1)N(CCc1ccccc1I)c1ccccc1I. The monoisotopic (exact) mass is 598 g/mol. The van der Waals surface area contributed by atoms with Crippen molar-refractivity contribution in [1.29, 1.82) is 0 Å². The van der Waals surface area contributed by atoms with Crippen molar-refractivity contribution >= 4 is 62.5 Å². The minimum absolute atomic E-state index is 0.0313. The van der Waals surface area contributed by atoms with Gasteiger partial charge in [-0.05, 0) is 87.5 Å². The summed E-state index contributed by atoms with van der Waals surface area (Å²) >= 11 is 4.52. The molecule has 0 fully saturated rings. The molecule has 28 heavy (non-hydrogen) atoms. The maximum absolute atomic E-state index is 13.2. The summed E-state index contributed by atoms with van der Waals surface area (Å²) in [5, 5.41) is 10.9. The molecule has 0 saturated heterocycles. The summed E-state index contributed by atoms with van der Waals surface area (Å²) < 4.78 is 2.13. The highest BCUT2D eigenvalue weighted by Gasteiger charge is 2.20. The van der Waals surface area contributed by atoms with E-state index >= 15 is 0 Å². The van der Waals surface area contributed by atoms with E-state index < -0.39 is 4.92 Å². The third kappa shape index (κ3) is 4.88. The molecule has 0 aliphatic heterocycles. The number of halogens is 2. The van der Waals surface area contributed by atoms with Gasteiger partial charge in [-0.25, -0.2) is 0 Å². The third-order valence-electron chi connectivity index (χ3n) is 4.28. The molecule has 0 N–H and O–H groups in total. The fourth-order valence-corrected chi connectivity index (χ4v) is 4.15. The molecule has 0 aliphatic carbocycles. The van der Waals surface area contributed by atoms with E-state index in [1.54, 1.807) is 4.90 Å². The fraction of sp³-hybridized carbons (Fsp3) is 0.0952. The first-order valence-electron chi connectivity index (χ1n) is 8.51. The van der Waals surface area contributed by atoms with Gasteiger partial charge in [-0.3, -0.25) is 14.9 Å². The molecular formula is C21H16I2N2O3. The highest BCUT2D eigenvalue weighted by molar-refractivity contribution is 14.1. The number of amides is 1. The Morgan fingerprint density at radius 3 is 2.11 bits per heavy atom. The molecule has 0 unspecified atom stereocenters. The predicted molar refractivity (Wildman–Crippen MR) is 127 cm³/mol. The van der Waals surface area contributed by atoms with Crippen molar-refractivity contribution in [2.45, 2.75) is 6.42 Å². The molecule has 142 valence electrons. The highest BCUT2D eigenvalue weighted by Crippen LogP contribution is 2.25. The Labute approximate surface area is 190 Å². The van der Waals surface area contributed by atoms with E-state index in [0.717, 1.165) is 12.8 Å². The number of anilines is 1. The average molecular weight is 598 g/mol. The lowest BCUT2D eigenvalue weighted by Gasteiger charge is -2.24. The maximum atomic E-state index is 13.2. The standard InChI is InChI=1S/C21H16I2N2O3/c22-18-6-2-1-5-15(18)13-14-24(20-8-4-3-7-19(20)23)21(26)16-9-11-17(12-10-16)25(27)28/h1-12H,13-14H2. The van der Waals surface area contributed by atoms with Crippen LogP contribution in [0.25, 0.3) is 0 Å². The molecule has 0 heterocycles. The Bertz CT molecular complexity index is 1010. The lowest BCUT2D eigenvalue weighted by molar-refractivity contribution is -0.384. The summed E-state index contributed by atoms with van der Waals surface area (Å²) in [6, 6.07) is 21.5. The van der Waals surface area contributed by atoms with Crippen molar-refractivity contribution in [1.82, 2.24) is 0 Å². The minimum Gasteiger partial charge on any atom is -0.307 e. The smallest absolute Gasteiger partial charge is 0.269 e. The van der Waals surface area contributed by atoms with Gasteiger partial charge >= 0.3 is 0 Å². The number of carbonyl (C=O) groups excluding carboxylic acids is 1. The Balaban J connectivity index is 1.91. The molecule has 0 aliphatic rings. The molecule has 3 aromatic rings. The number of hydrogen-bond donors (Lipinski definition) is 0. The lowest BCUT2D eigenvalue weighted by Crippen LogP contribution is -2.33. The van der Waals surface area contributed by atoms with Crippen LogP contribution < -0.4 is 4.90 Å². The number of nitro benzene ring substituents is 1. The zero-order valence-electron chi connectivity index (χ0n) is 14.7. The first kappa shape index (κ1) is 20.7. The van der Waals surface area contributed by atoms with Gasteiger partial charge in [-0.1, -0.05) is 30.3 Å². The largest absolute Gasteiger partial charge is 0.307 e. The van der Waals surface area contributed by atoms with Crippen LogP contribution in [0.15, 0.2) is 72.8 Å². The van der Waals surface area contributed by atoms with Crippen molar-refractivity contribution in [3.63, 3.8) is 0 Å². The molecule has 3 aromatic carbocycles. The number of carbonyl (C=O) groups is 1. The molecule has 0 atom stereocenters. The number of nitrogens with zero attached hydrogens (tertiary/aromatic N) is 2.